The summed E-state index contributed by atoms with van der Waals surface area (Å²) in [6.07, 6.45) is 1.11. The SMILES string of the molecule is CNC(=O)CCCC(=O)NCCOCCOCC(=O)NCCOCCOCC(=O)NOC. The molecule has 0 aromatic rings. The second kappa shape index (κ2) is 21.9. The number of hydroxylamine groups is 1. The summed E-state index contributed by atoms with van der Waals surface area (Å²) in [5.74, 6) is -0.875. The molecule has 0 atom stereocenters. The van der Waals surface area contributed by atoms with Crippen LogP contribution in [-0.2, 0) is 43.0 Å². The second-order valence-corrected chi connectivity index (χ2v) is 6.29. The van der Waals surface area contributed by atoms with Crippen molar-refractivity contribution in [1.82, 2.24) is 21.4 Å². The standard InChI is InChI=1S/C19H36N4O9/c1-20-16(24)4-3-5-17(25)21-6-8-29-10-12-31-14-18(26)22-7-9-30-11-13-32-15-19(27)23-28-2/h3-15H2,1-2H3,(H,20,24)(H,21,25)(H,22,26)(H,23,27). The van der Waals surface area contributed by atoms with E-state index in [1.807, 2.05) is 0 Å². The van der Waals surface area contributed by atoms with Gasteiger partial charge in [-0.05, 0) is 6.42 Å². The van der Waals surface area contributed by atoms with Crippen LogP contribution in [-0.4, -0.2) is 104 Å². The molecule has 0 aliphatic carbocycles. The van der Waals surface area contributed by atoms with E-state index in [2.05, 4.69) is 26.3 Å². The molecule has 0 aromatic heterocycles. The van der Waals surface area contributed by atoms with Crippen molar-refractivity contribution in [3.8, 4) is 0 Å². The van der Waals surface area contributed by atoms with Crippen LogP contribution in [0, 0.1) is 0 Å². The molecule has 13 heteroatoms. The number of carbonyl (C=O) groups excluding carboxylic acids is 4. The Morgan fingerprint density at radius 1 is 0.625 bits per heavy atom. The Balaban J connectivity index is 3.34. The minimum Gasteiger partial charge on any atom is -0.377 e. The summed E-state index contributed by atoms with van der Waals surface area (Å²) in [7, 11) is 2.89. The van der Waals surface area contributed by atoms with Crippen molar-refractivity contribution in [1.29, 1.82) is 0 Å². The van der Waals surface area contributed by atoms with Gasteiger partial charge in [-0.25, -0.2) is 5.48 Å². The third-order valence-electron chi connectivity index (χ3n) is 3.65. The number of amides is 4. The van der Waals surface area contributed by atoms with E-state index in [1.54, 1.807) is 7.05 Å². The van der Waals surface area contributed by atoms with E-state index < -0.39 is 0 Å². The molecule has 4 amide bonds. The summed E-state index contributed by atoms with van der Waals surface area (Å²) in [5.41, 5.74) is 2.12. The van der Waals surface area contributed by atoms with Crippen LogP contribution in [0.15, 0.2) is 0 Å². The zero-order valence-electron chi connectivity index (χ0n) is 18.9. The summed E-state index contributed by atoms with van der Waals surface area (Å²) >= 11 is 0. The molecule has 0 aliphatic heterocycles. The molecule has 0 bridgehead atoms. The summed E-state index contributed by atoms with van der Waals surface area (Å²) in [6, 6.07) is 0. The van der Waals surface area contributed by atoms with Crippen molar-refractivity contribution in [2.75, 3.05) is 80.1 Å². The van der Waals surface area contributed by atoms with E-state index in [1.165, 1.54) is 7.11 Å². The van der Waals surface area contributed by atoms with Crippen molar-refractivity contribution in [2.45, 2.75) is 19.3 Å². The lowest BCUT2D eigenvalue weighted by molar-refractivity contribution is -0.136. The zero-order valence-corrected chi connectivity index (χ0v) is 18.9. The summed E-state index contributed by atoms with van der Waals surface area (Å²) in [5, 5.41) is 7.83. The predicted octanol–water partition coefficient (Wildman–Crippen LogP) is -2.12. The quantitative estimate of drug-likeness (QED) is 0.110. The number of carbonyl (C=O) groups is 4. The van der Waals surface area contributed by atoms with Gasteiger partial charge in [0.05, 0.1) is 46.8 Å². The van der Waals surface area contributed by atoms with Gasteiger partial charge in [0.15, 0.2) is 0 Å². The number of nitrogens with one attached hydrogen (secondary N) is 4. The van der Waals surface area contributed by atoms with E-state index in [9.17, 15) is 19.2 Å². The highest BCUT2D eigenvalue weighted by Gasteiger charge is 2.04. The molecule has 0 aliphatic rings. The maximum Gasteiger partial charge on any atom is 0.269 e. The lowest BCUT2D eigenvalue weighted by Gasteiger charge is -2.08. The molecule has 0 saturated carbocycles. The average molecular weight is 465 g/mol. The Kier molecular flexibility index (Phi) is 20.3. The number of rotatable bonds is 21. The van der Waals surface area contributed by atoms with Gasteiger partial charge in [-0.15, -0.1) is 0 Å². The van der Waals surface area contributed by atoms with Crippen molar-refractivity contribution in [2.24, 2.45) is 0 Å². The van der Waals surface area contributed by atoms with Crippen LogP contribution in [0.3, 0.4) is 0 Å². The molecule has 32 heavy (non-hydrogen) atoms. The molecule has 0 heterocycles. The first-order chi connectivity index (χ1) is 15.5. The summed E-state index contributed by atoms with van der Waals surface area (Å²) in [4.78, 5) is 49.6. The van der Waals surface area contributed by atoms with Crippen molar-refractivity contribution in [3.05, 3.63) is 0 Å². The van der Waals surface area contributed by atoms with Crippen LogP contribution < -0.4 is 21.4 Å². The van der Waals surface area contributed by atoms with E-state index >= 15 is 0 Å². The molecule has 4 N–H and O–H groups in total. The van der Waals surface area contributed by atoms with Crippen molar-refractivity contribution < 1.29 is 43.0 Å². The molecule has 0 rings (SSSR count). The number of hydrogen-bond acceptors (Lipinski definition) is 9. The molecule has 0 unspecified atom stereocenters. The van der Waals surface area contributed by atoms with Crippen LogP contribution in [0.2, 0.25) is 0 Å². The Hall–Kier alpha value is -2.32. The van der Waals surface area contributed by atoms with Gasteiger partial charge in [-0.2, -0.15) is 0 Å². The highest BCUT2D eigenvalue weighted by Crippen LogP contribution is 1.94. The predicted molar refractivity (Wildman–Crippen MR) is 112 cm³/mol. The van der Waals surface area contributed by atoms with Crippen LogP contribution >= 0.6 is 0 Å². The summed E-state index contributed by atoms with van der Waals surface area (Å²) in [6.45, 7) is 2.19. The third-order valence-corrected chi connectivity index (χ3v) is 3.65. The molecule has 13 nitrogen and oxygen atoms in total. The molecule has 0 fully saturated rings. The molecule has 0 aromatic carbocycles. The van der Waals surface area contributed by atoms with Gasteiger partial charge in [-0.1, -0.05) is 0 Å². The first kappa shape index (κ1) is 29.7. The van der Waals surface area contributed by atoms with Gasteiger partial charge in [0, 0.05) is 33.0 Å². The minimum absolute atomic E-state index is 0.0870. The molecular weight excluding hydrogens is 428 g/mol. The van der Waals surface area contributed by atoms with Crippen LogP contribution in [0.4, 0.5) is 0 Å². The van der Waals surface area contributed by atoms with Crippen LogP contribution in [0.25, 0.3) is 0 Å². The Morgan fingerprint density at radius 3 is 1.69 bits per heavy atom. The van der Waals surface area contributed by atoms with Gasteiger partial charge in [0.25, 0.3) is 5.91 Å². The van der Waals surface area contributed by atoms with Crippen molar-refractivity contribution in [3.63, 3.8) is 0 Å². The van der Waals surface area contributed by atoms with E-state index in [0.29, 0.717) is 52.4 Å². The van der Waals surface area contributed by atoms with Gasteiger partial charge in [0.2, 0.25) is 17.7 Å². The largest absolute Gasteiger partial charge is 0.377 e. The molecule has 0 spiro atoms. The zero-order chi connectivity index (χ0) is 23.9. The Bertz CT molecular complexity index is 535. The normalized spacial score (nSPS) is 10.4. The van der Waals surface area contributed by atoms with E-state index in [4.69, 9.17) is 18.9 Å². The first-order valence-electron chi connectivity index (χ1n) is 10.4. The number of ether oxygens (including phenoxy) is 4. The maximum absolute atomic E-state index is 11.6. The number of hydrogen-bond donors (Lipinski definition) is 4. The summed E-state index contributed by atoms with van der Waals surface area (Å²) < 4.78 is 20.8. The molecule has 186 valence electrons. The van der Waals surface area contributed by atoms with E-state index in [0.717, 1.165) is 0 Å². The highest BCUT2D eigenvalue weighted by atomic mass is 16.6. The lowest BCUT2D eigenvalue weighted by atomic mass is 10.2. The van der Waals surface area contributed by atoms with Crippen LogP contribution in [0.5, 0.6) is 0 Å². The maximum atomic E-state index is 11.6. The lowest BCUT2D eigenvalue weighted by Crippen LogP contribution is -2.31. The first-order valence-corrected chi connectivity index (χ1v) is 10.4. The molecule has 0 radical (unpaired) electrons. The van der Waals surface area contributed by atoms with Crippen molar-refractivity contribution >= 4 is 23.6 Å². The molecule has 0 saturated heterocycles. The third kappa shape index (κ3) is 20.9. The van der Waals surface area contributed by atoms with Gasteiger partial charge < -0.3 is 34.9 Å². The topological polar surface area (TPSA) is 163 Å². The Morgan fingerprint density at radius 2 is 1.12 bits per heavy atom. The van der Waals surface area contributed by atoms with Gasteiger partial charge >= 0.3 is 0 Å². The van der Waals surface area contributed by atoms with Gasteiger partial charge in [0.1, 0.15) is 13.2 Å². The van der Waals surface area contributed by atoms with Gasteiger partial charge in [-0.3, -0.25) is 24.0 Å². The fourth-order valence-electron chi connectivity index (χ4n) is 2.11. The highest BCUT2D eigenvalue weighted by molar-refractivity contribution is 5.78. The van der Waals surface area contributed by atoms with Crippen LogP contribution in [0.1, 0.15) is 19.3 Å². The molecular formula is C19H36N4O9. The average Bonchev–Trinajstić information content (AvgIpc) is 2.77. The minimum atomic E-state index is -0.386. The van der Waals surface area contributed by atoms with E-state index in [-0.39, 0.29) is 56.5 Å². The Labute approximate surface area is 188 Å². The monoisotopic (exact) mass is 464 g/mol. The smallest absolute Gasteiger partial charge is 0.269 e. The fourth-order valence-corrected chi connectivity index (χ4v) is 2.11. The fraction of sp³-hybridized carbons (Fsp3) is 0.789. The second-order valence-electron chi connectivity index (χ2n) is 6.29.